The van der Waals surface area contributed by atoms with Gasteiger partial charge in [0, 0.05) is 11.6 Å². The van der Waals surface area contributed by atoms with Crippen molar-refractivity contribution in [3.8, 4) is 11.5 Å². The van der Waals surface area contributed by atoms with E-state index in [-0.39, 0.29) is 11.9 Å². The maximum absolute atomic E-state index is 12.7. The first-order valence-corrected chi connectivity index (χ1v) is 9.45. The first-order chi connectivity index (χ1) is 12.0. The number of hydrogen-bond acceptors (Lipinski definition) is 7. The number of hydrogen-bond donors (Lipinski definition) is 1. The Kier molecular flexibility index (Phi) is 5.24. The van der Waals surface area contributed by atoms with Crippen LogP contribution in [0.1, 0.15) is 30.3 Å². The van der Waals surface area contributed by atoms with E-state index in [9.17, 15) is 4.79 Å². The first kappa shape index (κ1) is 17.7. The highest BCUT2D eigenvalue weighted by Crippen LogP contribution is 2.41. The first-order valence-electron chi connectivity index (χ1n) is 7.76. The third-order valence-corrected chi connectivity index (χ3v) is 5.37. The van der Waals surface area contributed by atoms with E-state index in [1.807, 2.05) is 37.4 Å². The molecule has 1 unspecified atom stereocenters. The largest absolute Gasteiger partial charge is 0.493 e. The van der Waals surface area contributed by atoms with Crippen molar-refractivity contribution in [1.29, 1.82) is 5.41 Å². The molecule has 0 bridgehead atoms. The molecule has 0 spiro atoms. The van der Waals surface area contributed by atoms with Crippen molar-refractivity contribution in [2.45, 2.75) is 25.9 Å². The molecule has 1 N–H and O–H groups in total. The van der Waals surface area contributed by atoms with Crippen LogP contribution in [0, 0.1) is 5.41 Å². The topological polar surface area (TPSA) is 72.3 Å². The summed E-state index contributed by atoms with van der Waals surface area (Å²) in [6.07, 6.45) is 3.49. The van der Waals surface area contributed by atoms with Crippen molar-refractivity contribution in [2.75, 3.05) is 7.11 Å². The average Bonchev–Trinajstić information content (AvgIpc) is 3.17. The molecule has 3 rings (SSSR count). The number of ether oxygens (including phenoxy) is 2. The van der Waals surface area contributed by atoms with E-state index in [1.54, 1.807) is 19.4 Å². The standard InChI is InChI=1S/C18H18N2O3S2/c1-10(2)23-12-5-4-11(8-13(12)22-3)9-14-16(21)15(17(19)25-14)18-20-6-7-24-18/h4-10,15,19H,1-3H3. The number of thiazole rings is 1. The summed E-state index contributed by atoms with van der Waals surface area (Å²) in [4.78, 5) is 17.4. The molecule has 1 aromatic heterocycles. The highest BCUT2D eigenvalue weighted by Gasteiger charge is 2.38. The molecule has 25 heavy (non-hydrogen) atoms. The summed E-state index contributed by atoms with van der Waals surface area (Å²) in [5, 5.41) is 10.9. The molecule has 5 nitrogen and oxygen atoms in total. The Labute approximate surface area is 154 Å². The Hall–Kier alpha value is -2.12. The van der Waals surface area contributed by atoms with Crippen LogP contribution in [0.5, 0.6) is 11.5 Å². The van der Waals surface area contributed by atoms with Crippen molar-refractivity contribution >= 4 is 40.0 Å². The molecular weight excluding hydrogens is 356 g/mol. The highest BCUT2D eigenvalue weighted by molar-refractivity contribution is 8.19. The van der Waals surface area contributed by atoms with E-state index >= 15 is 0 Å². The van der Waals surface area contributed by atoms with Crippen LogP contribution < -0.4 is 9.47 Å². The Morgan fingerprint density at radius 1 is 1.32 bits per heavy atom. The number of allylic oxidation sites excluding steroid dienone is 1. The van der Waals surface area contributed by atoms with Crippen molar-refractivity contribution in [3.63, 3.8) is 0 Å². The number of nitrogens with zero attached hydrogens (tertiary/aromatic N) is 1. The summed E-state index contributed by atoms with van der Waals surface area (Å²) < 4.78 is 11.1. The second-order valence-electron chi connectivity index (χ2n) is 5.72. The van der Waals surface area contributed by atoms with E-state index in [1.165, 1.54) is 23.1 Å². The minimum Gasteiger partial charge on any atom is -0.493 e. The lowest BCUT2D eigenvalue weighted by atomic mass is 10.0. The normalized spacial score (nSPS) is 19.0. The zero-order chi connectivity index (χ0) is 18.0. The van der Waals surface area contributed by atoms with Gasteiger partial charge < -0.3 is 9.47 Å². The van der Waals surface area contributed by atoms with Crippen LogP contribution in [0.4, 0.5) is 0 Å². The van der Waals surface area contributed by atoms with Gasteiger partial charge in [0.15, 0.2) is 17.3 Å². The molecular formula is C18H18N2O3S2. The summed E-state index contributed by atoms with van der Waals surface area (Å²) in [7, 11) is 1.59. The SMILES string of the molecule is COc1cc(C=C2SC(=N)C(c3nccs3)C2=O)ccc1OC(C)C. The molecule has 7 heteroatoms. The summed E-state index contributed by atoms with van der Waals surface area (Å²) in [5.41, 5.74) is 0.830. The Morgan fingerprint density at radius 3 is 2.76 bits per heavy atom. The van der Waals surface area contributed by atoms with Gasteiger partial charge in [0.2, 0.25) is 0 Å². The molecule has 0 aliphatic carbocycles. The molecule has 1 fully saturated rings. The highest BCUT2D eigenvalue weighted by atomic mass is 32.2. The lowest BCUT2D eigenvalue weighted by Crippen LogP contribution is -2.11. The number of thioether (sulfide) groups is 1. The van der Waals surface area contributed by atoms with E-state index in [4.69, 9.17) is 14.9 Å². The smallest absolute Gasteiger partial charge is 0.186 e. The van der Waals surface area contributed by atoms with Crippen LogP contribution in [0.2, 0.25) is 0 Å². The van der Waals surface area contributed by atoms with Gasteiger partial charge in [-0.1, -0.05) is 17.8 Å². The molecule has 1 atom stereocenters. The maximum Gasteiger partial charge on any atom is 0.186 e. The van der Waals surface area contributed by atoms with E-state index in [0.717, 1.165) is 5.56 Å². The monoisotopic (exact) mass is 374 g/mol. The summed E-state index contributed by atoms with van der Waals surface area (Å²) in [6, 6.07) is 5.54. The van der Waals surface area contributed by atoms with E-state index < -0.39 is 5.92 Å². The van der Waals surface area contributed by atoms with Crippen molar-refractivity contribution in [3.05, 3.63) is 45.3 Å². The number of carbonyl (C=O) groups excluding carboxylic acids is 1. The summed E-state index contributed by atoms with van der Waals surface area (Å²) in [5.74, 6) is 0.636. The summed E-state index contributed by atoms with van der Waals surface area (Å²) >= 11 is 2.59. The molecule has 0 amide bonds. The van der Waals surface area contributed by atoms with Gasteiger partial charge in [-0.15, -0.1) is 11.3 Å². The van der Waals surface area contributed by atoms with Crippen molar-refractivity contribution in [1.82, 2.24) is 4.98 Å². The Bertz CT molecular complexity index is 829. The van der Waals surface area contributed by atoms with Gasteiger partial charge in [0.05, 0.1) is 23.2 Å². The lowest BCUT2D eigenvalue weighted by molar-refractivity contribution is -0.114. The average molecular weight is 374 g/mol. The Morgan fingerprint density at radius 2 is 2.12 bits per heavy atom. The molecule has 1 aliphatic rings. The van der Waals surface area contributed by atoms with Crippen LogP contribution in [0.15, 0.2) is 34.7 Å². The van der Waals surface area contributed by atoms with Crippen LogP contribution in [-0.2, 0) is 4.79 Å². The number of methoxy groups -OCH3 is 1. The maximum atomic E-state index is 12.7. The predicted molar refractivity (Wildman–Crippen MR) is 102 cm³/mol. The second kappa shape index (κ2) is 7.41. The van der Waals surface area contributed by atoms with E-state index in [2.05, 4.69) is 4.98 Å². The van der Waals surface area contributed by atoms with Gasteiger partial charge >= 0.3 is 0 Å². The van der Waals surface area contributed by atoms with Gasteiger partial charge in [0.25, 0.3) is 0 Å². The molecule has 1 aromatic carbocycles. The van der Waals surface area contributed by atoms with Crippen LogP contribution in [-0.4, -0.2) is 29.0 Å². The molecule has 0 radical (unpaired) electrons. The van der Waals surface area contributed by atoms with Crippen LogP contribution >= 0.6 is 23.1 Å². The number of Topliss-reactive ketones (excluding diaryl/α,β-unsaturated/α-hetero) is 1. The van der Waals surface area contributed by atoms with Crippen LogP contribution in [0.3, 0.4) is 0 Å². The van der Waals surface area contributed by atoms with Crippen molar-refractivity contribution in [2.24, 2.45) is 0 Å². The third-order valence-electron chi connectivity index (χ3n) is 3.53. The molecule has 2 heterocycles. The van der Waals surface area contributed by atoms with Gasteiger partial charge in [-0.2, -0.15) is 0 Å². The third kappa shape index (κ3) is 3.77. The molecule has 1 aliphatic heterocycles. The van der Waals surface area contributed by atoms with Crippen LogP contribution in [0.25, 0.3) is 6.08 Å². The fourth-order valence-electron chi connectivity index (χ4n) is 2.47. The quantitative estimate of drug-likeness (QED) is 0.788. The fourth-order valence-corrected chi connectivity index (χ4v) is 4.27. The molecule has 1 saturated heterocycles. The lowest BCUT2D eigenvalue weighted by Gasteiger charge is -2.13. The predicted octanol–water partition coefficient (Wildman–Crippen LogP) is 4.36. The second-order valence-corrected chi connectivity index (χ2v) is 7.73. The number of carbonyl (C=O) groups is 1. The number of benzene rings is 1. The minimum absolute atomic E-state index is 0.0459. The fraction of sp³-hybridized carbons (Fsp3) is 0.278. The zero-order valence-electron chi connectivity index (χ0n) is 14.1. The van der Waals surface area contributed by atoms with Gasteiger partial charge in [0.1, 0.15) is 10.9 Å². The minimum atomic E-state index is -0.568. The number of nitrogens with one attached hydrogen (secondary N) is 1. The number of rotatable bonds is 5. The van der Waals surface area contributed by atoms with E-state index in [0.29, 0.717) is 26.5 Å². The Balaban J connectivity index is 1.88. The molecule has 130 valence electrons. The van der Waals surface area contributed by atoms with Crippen molar-refractivity contribution < 1.29 is 14.3 Å². The number of ketones is 1. The van der Waals surface area contributed by atoms with Gasteiger partial charge in [-0.25, -0.2) is 4.98 Å². The number of aromatic nitrogens is 1. The molecule has 0 saturated carbocycles. The molecule has 2 aromatic rings. The van der Waals surface area contributed by atoms with Gasteiger partial charge in [-0.05, 0) is 37.6 Å². The summed E-state index contributed by atoms with van der Waals surface area (Å²) in [6.45, 7) is 3.90. The zero-order valence-corrected chi connectivity index (χ0v) is 15.7. The van der Waals surface area contributed by atoms with Gasteiger partial charge in [-0.3, -0.25) is 10.2 Å².